The average molecular weight is 402 g/mol. The number of benzene rings is 3. The molecule has 0 aliphatic heterocycles. The molecule has 1 N–H and O–H groups in total. The van der Waals surface area contributed by atoms with Crippen molar-refractivity contribution in [3.8, 4) is 5.75 Å². The molecule has 3 rings (SSSR count). The summed E-state index contributed by atoms with van der Waals surface area (Å²) in [6, 6.07) is 23.9. The number of aryl methyl sites for hydroxylation is 2. The molecule has 30 heavy (non-hydrogen) atoms. The van der Waals surface area contributed by atoms with Gasteiger partial charge in [-0.15, -0.1) is 0 Å². The average Bonchev–Trinajstić information content (AvgIpc) is 2.71. The monoisotopic (exact) mass is 401 g/mol. The maximum absolute atomic E-state index is 13.1. The highest BCUT2D eigenvalue weighted by Gasteiger charge is 2.18. The minimum absolute atomic E-state index is 0.0136. The van der Waals surface area contributed by atoms with Crippen LogP contribution in [0, 0.1) is 19.8 Å². The fourth-order valence-electron chi connectivity index (χ4n) is 3.69. The molecule has 3 aromatic carbocycles. The molecule has 0 saturated carbocycles. The largest absolute Gasteiger partial charge is 0.489 e. The first-order valence-corrected chi connectivity index (χ1v) is 10.6. The van der Waals surface area contributed by atoms with E-state index in [2.05, 4.69) is 51.2 Å². The van der Waals surface area contributed by atoms with Crippen molar-refractivity contribution in [2.45, 2.75) is 46.8 Å². The third kappa shape index (κ3) is 6.21. The van der Waals surface area contributed by atoms with Gasteiger partial charge in [-0.1, -0.05) is 73.5 Å². The van der Waals surface area contributed by atoms with Gasteiger partial charge in [0.05, 0.1) is 6.04 Å². The zero-order chi connectivity index (χ0) is 21.5. The van der Waals surface area contributed by atoms with Gasteiger partial charge in [0.1, 0.15) is 12.4 Å². The number of para-hydroxylation sites is 1. The summed E-state index contributed by atoms with van der Waals surface area (Å²) in [4.78, 5) is 13.1. The molecule has 3 aromatic rings. The molecular weight excluding hydrogens is 370 g/mol. The van der Waals surface area contributed by atoms with E-state index in [9.17, 15) is 4.79 Å². The van der Waals surface area contributed by atoms with Crippen LogP contribution in [0.1, 0.15) is 58.9 Å². The SMILES string of the molecule is Cc1cc(C)cc([C@@H](CC(C)C)NC(=O)c2cccc(COc3ccccc3)c2)c1. The minimum atomic E-state index is -0.0543. The van der Waals surface area contributed by atoms with Crippen molar-refractivity contribution >= 4 is 5.91 Å². The number of rotatable bonds is 8. The lowest BCUT2D eigenvalue weighted by atomic mass is 9.94. The lowest BCUT2D eigenvalue weighted by Crippen LogP contribution is -2.29. The molecule has 0 unspecified atom stereocenters. The van der Waals surface area contributed by atoms with Gasteiger partial charge in [-0.25, -0.2) is 0 Å². The molecule has 3 nitrogen and oxygen atoms in total. The Morgan fingerprint density at radius 1 is 0.900 bits per heavy atom. The zero-order valence-electron chi connectivity index (χ0n) is 18.3. The molecule has 0 radical (unpaired) electrons. The molecule has 0 aromatic heterocycles. The van der Waals surface area contributed by atoms with E-state index in [0.29, 0.717) is 18.1 Å². The summed E-state index contributed by atoms with van der Waals surface area (Å²) in [5.74, 6) is 1.24. The van der Waals surface area contributed by atoms with E-state index in [1.807, 2.05) is 54.6 Å². The first kappa shape index (κ1) is 21.6. The number of amides is 1. The van der Waals surface area contributed by atoms with Crippen LogP contribution >= 0.6 is 0 Å². The molecule has 0 aliphatic carbocycles. The summed E-state index contributed by atoms with van der Waals surface area (Å²) in [5.41, 5.74) is 5.22. The predicted octanol–water partition coefficient (Wildman–Crippen LogP) is 6.40. The van der Waals surface area contributed by atoms with Gasteiger partial charge >= 0.3 is 0 Å². The van der Waals surface area contributed by atoms with Crippen LogP contribution in [-0.4, -0.2) is 5.91 Å². The molecule has 0 bridgehead atoms. The highest BCUT2D eigenvalue weighted by molar-refractivity contribution is 5.94. The van der Waals surface area contributed by atoms with Gasteiger partial charge in [-0.3, -0.25) is 4.79 Å². The summed E-state index contributed by atoms with van der Waals surface area (Å²) in [6.45, 7) is 8.99. The number of hydrogen-bond donors (Lipinski definition) is 1. The summed E-state index contributed by atoms with van der Waals surface area (Å²) in [7, 11) is 0. The van der Waals surface area contributed by atoms with Crippen LogP contribution in [0.3, 0.4) is 0 Å². The Labute approximate surface area is 180 Å². The Morgan fingerprint density at radius 3 is 2.27 bits per heavy atom. The second-order valence-electron chi connectivity index (χ2n) is 8.38. The zero-order valence-corrected chi connectivity index (χ0v) is 18.3. The summed E-state index contributed by atoms with van der Waals surface area (Å²) in [5, 5.41) is 3.26. The molecular formula is C27H31NO2. The topological polar surface area (TPSA) is 38.3 Å². The molecule has 0 spiro atoms. The van der Waals surface area contributed by atoms with E-state index in [1.165, 1.54) is 11.1 Å². The maximum Gasteiger partial charge on any atom is 0.251 e. The van der Waals surface area contributed by atoms with Gasteiger partial charge in [0, 0.05) is 5.56 Å². The molecule has 156 valence electrons. The first-order chi connectivity index (χ1) is 14.4. The van der Waals surface area contributed by atoms with Crippen LogP contribution < -0.4 is 10.1 Å². The number of ether oxygens (including phenoxy) is 1. The minimum Gasteiger partial charge on any atom is -0.489 e. The van der Waals surface area contributed by atoms with Crippen molar-refractivity contribution in [1.29, 1.82) is 0 Å². The highest BCUT2D eigenvalue weighted by atomic mass is 16.5. The van der Waals surface area contributed by atoms with E-state index in [-0.39, 0.29) is 11.9 Å². The van der Waals surface area contributed by atoms with Crippen LogP contribution in [0.25, 0.3) is 0 Å². The van der Waals surface area contributed by atoms with Gasteiger partial charge in [0.15, 0.2) is 0 Å². The molecule has 0 aliphatic rings. The van der Waals surface area contributed by atoms with Crippen molar-refractivity contribution in [1.82, 2.24) is 5.32 Å². The summed E-state index contributed by atoms with van der Waals surface area (Å²) < 4.78 is 5.82. The number of hydrogen-bond acceptors (Lipinski definition) is 2. The van der Waals surface area contributed by atoms with Crippen LogP contribution in [0.15, 0.2) is 72.8 Å². The summed E-state index contributed by atoms with van der Waals surface area (Å²) in [6.07, 6.45) is 0.894. The Hall–Kier alpha value is -3.07. The third-order valence-corrected chi connectivity index (χ3v) is 5.00. The third-order valence-electron chi connectivity index (χ3n) is 5.00. The Balaban J connectivity index is 1.73. The van der Waals surface area contributed by atoms with E-state index < -0.39 is 0 Å². The number of carbonyl (C=O) groups is 1. The van der Waals surface area contributed by atoms with Crippen molar-refractivity contribution in [2.24, 2.45) is 5.92 Å². The number of nitrogens with one attached hydrogen (secondary N) is 1. The second-order valence-corrected chi connectivity index (χ2v) is 8.38. The van der Waals surface area contributed by atoms with Crippen LogP contribution in [-0.2, 0) is 6.61 Å². The van der Waals surface area contributed by atoms with Crippen molar-refractivity contribution in [3.63, 3.8) is 0 Å². The summed E-state index contributed by atoms with van der Waals surface area (Å²) >= 11 is 0. The van der Waals surface area contributed by atoms with Gasteiger partial charge in [-0.2, -0.15) is 0 Å². The molecule has 1 atom stereocenters. The molecule has 0 heterocycles. The molecule has 3 heteroatoms. The van der Waals surface area contributed by atoms with Crippen LogP contribution in [0.4, 0.5) is 0 Å². The van der Waals surface area contributed by atoms with Gasteiger partial charge in [-0.05, 0) is 61.6 Å². The van der Waals surface area contributed by atoms with Crippen LogP contribution in [0.5, 0.6) is 5.75 Å². The van der Waals surface area contributed by atoms with Crippen molar-refractivity contribution in [3.05, 3.63) is 101 Å². The van der Waals surface area contributed by atoms with Gasteiger partial charge in [0.25, 0.3) is 5.91 Å². The Kier molecular flexibility index (Phi) is 7.29. The second kappa shape index (κ2) is 10.1. The normalized spacial score (nSPS) is 11.9. The fraction of sp³-hybridized carbons (Fsp3) is 0.296. The predicted molar refractivity (Wildman–Crippen MR) is 123 cm³/mol. The lowest BCUT2D eigenvalue weighted by molar-refractivity contribution is 0.0931. The van der Waals surface area contributed by atoms with E-state index in [1.54, 1.807) is 0 Å². The van der Waals surface area contributed by atoms with E-state index >= 15 is 0 Å². The first-order valence-electron chi connectivity index (χ1n) is 10.6. The maximum atomic E-state index is 13.1. The van der Waals surface area contributed by atoms with E-state index in [4.69, 9.17) is 4.74 Å². The van der Waals surface area contributed by atoms with Gasteiger partial charge in [0.2, 0.25) is 0 Å². The van der Waals surface area contributed by atoms with Crippen molar-refractivity contribution in [2.75, 3.05) is 0 Å². The fourth-order valence-corrected chi connectivity index (χ4v) is 3.69. The van der Waals surface area contributed by atoms with Gasteiger partial charge < -0.3 is 10.1 Å². The van der Waals surface area contributed by atoms with E-state index in [0.717, 1.165) is 23.3 Å². The smallest absolute Gasteiger partial charge is 0.251 e. The highest BCUT2D eigenvalue weighted by Crippen LogP contribution is 2.24. The lowest BCUT2D eigenvalue weighted by Gasteiger charge is -2.22. The number of carbonyl (C=O) groups excluding carboxylic acids is 1. The molecule has 0 saturated heterocycles. The molecule has 0 fully saturated rings. The molecule has 1 amide bonds. The van der Waals surface area contributed by atoms with Crippen molar-refractivity contribution < 1.29 is 9.53 Å². The standard InChI is InChI=1S/C27H31NO2/c1-19(2)13-26(24-15-20(3)14-21(4)16-24)28-27(29)23-10-8-9-22(17-23)18-30-25-11-6-5-7-12-25/h5-12,14-17,19,26H,13,18H2,1-4H3,(H,28,29)/t26-/m1/s1. The Morgan fingerprint density at radius 2 is 1.60 bits per heavy atom. The van der Waals surface area contributed by atoms with Crippen LogP contribution in [0.2, 0.25) is 0 Å². The quantitative estimate of drug-likeness (QED) is 0.474. The Bertz CT molecular complexity index is 959.